The number of benzene rings is 1. The van der Waals surface area contributed by atoms with Crippen molar-refractivity contribution >= 4 is 22.6 Å². The normalized spacial score (nSPS) is 12.7. The number of amides is 1. The number of anilines is 1. The third kappa shape index (κ3) is 2.99. The van der Waals surface area contributed by atoms with Crippen LogP contribution >= 0.6 is 0 Å². The van der Waals surface area contributed by atoms with Crippen LogP contribution in [0.5, 0.6) is 5.75 Å². The number of aromatic nitrogens is 3. The Morgan fingerprint density at radius 3 is 2.85 bits per heavy atom. The predicted octanol–water partition coefficient (Wildman–Crippen LogP) is 0.748. The Hall–Kier alpha value is -3.42. The molecule has 1 aliphatic heterocycles. The van der Waals surface area contributed by atoms with Crippen LogP contribution in [0.2, 0.25) is 0 Å². The van der Waals surface area contributed by atoms with E-state index in [4.69, 9.17) is 4.74 Å². The summed E-state index contributed by atoms with van der Waals surface area (Å²) in [5.74, 6) is 0.663. The van der Waals surface area contributed by atoms with Crippen molar-refractivity contribution in [3.05, 3.63) is 62.4 Å². The molecule has 0 saturated carbocycles. The first-order valence-electron chi connectivity index (χ1n) is 8.54. The van der Waals surface area contributed by atoms with Crippen LogP contribution in [0, 0.1) is 0 Å². The average molecular weight is 366 g/mol. The fourth-order valence-corrected chi connectivity index (χ4v) is 3.27. The highest BCUT2D eigenvalue weighted by atomic mass is 16.5. The molecule has 1 aromatic carbocycles. The van der Waals surface area contributed by atoms with Gasteiger partial charge in [0.25, 0.3) is 5.56 Å². The molecule has 0 atom stereocenters. The van der Waals surface area contributed by atoms with E-state index in [1.807, 2.05) is 18.2 Å². The van der Waals surface area contributed by atoms with Crippen molar-refractivity contribution in [1.82, 2.24) is 14.1 Å². The second-order valence-electron chi connectivity index (χ2n) is 6.57. The van der Waals surface area contributed by atoms with Crippen molar-refractivity contribution in [2.24, 2.45) is 14.1 Å². The first-order chi connectivity index (χ1) is 12.9. The van der Waals surface area contributed by atoms with Gasteiger partial charge in [-0.2, -0.15) is 0 Å². The molecule has 0 radical (unpaired) electrons. The van der Waals surface area contributed by atoms with Gasteiger partial charge in [0.2, 0.25) is 5.91 Å². The number of ether oxygens (including phenoxy) is 1. The number of hydrogen-bond donors (Lipinski definition) is 1. The van der Waals surface area contributed by atoms with Crippen LogP contribution < -0.4 is 21.3 Å². The van der Waals surface area contributed by atoms with Gasteiger partial charge in [0.05, 0.1) is 30.3 Å². The van der Waals surface area contributed by atoms with Crippen molar-refractivity contribution in [2.75, 3.05) is 11.9 Å². The molecule has 1 amide bonds. The van der Waals surface area contributed by atoms with Crippen molar-refractivity contribution in [2.45, 2.75) is 12.8 Å². The van der Waals surface area contributed by atoms with Gasteiger partial charge in [-0.05, 0) is 23.3 Å². The fraction of sp³-hybridized carbons (Fsp3) is 0.263. The lowest BCUT2D eigenvalue weighted by Crippen LogP contribution is -2.37. The van der Waals surface area contributed by atoms with Gasteiger partial charge in [0.15, 0.2) is 0 Å². The van der Waals surface area contributed by atoms with Crippen molar-refractivity contribution < 1.29 is 9.53 Å². The van der Waals surface area contributed by atoms with E-state index in [0.717, 1.165) is 27.9 Å². The summed E-state index contributed by atoms with van der Waals surface area (Å²) in [6.07, 6.45) is 2.49. The summed E-state index contributed by atoms with van der Waals surface area (Å²) in [5, 5.41) is 3.03. The lowest BCUT2D eigenvalue weighted by Gasteiger charge is -2.09. The second-order valence-corrected chi connectivity index (χ2v) is 6.57. The Kier molecular flexibility index (Phi) is 4.02. The first-order valence-corrected chi connectivity index (χ1v) is 8.54. The molecule has 8 heteroatoms. The van der Waals surface area contributed by atoms with Crippen LogP contribution in [0.25, 0.3) is 11.0 Å². The summed E-state index contributed by atoms with van der Waals surface area (Å²) in [5.41, 5.74) is 1.79. The van der Waals surface area contributed by atoms with Gasteiger partial charge in [0.1, 0.15) is 11.4 Å². The maximum atomic E-state index is 12.4. The molecule has 2 aromatic heterocycles. The predicted molar refractivity (Wildman–Crippen MR) is 100 cm³/mol. The standard InChI is InChI=1S/C19H18N4O4/c1-22-17-14(18(25)23(2)19(22)26)9-13(10-20-17)21-16(24)8-11-3-4-15-12(7-11)5-6-27-15/h3-4,7,9-10H,5-6,8H2,1-2H3,(H,21,24). The maximum absolute atomic E-state index is 12.4. The Bertz CT molecular complexity index is 1190. The van der Waals surface area contributed by atoms with E-state index in [2.05, 4.69) is 10.3 Å². The molecule has 0 unspecified atom stereocenters. The molecule has 8 nitrogen and oxygen atoms in total. The Morgan fingerprint density at radius 2 is 2.04 bits per heavy atom. The molecule has 3 aromatic rings. The van der Waals surface area contributed by atoms with E-state index in [1.54, 1.807) is 13.1 Å². The highest BCUT2D eigenvalue weighted by Crippen LogP contribution is 2.26. The number of fused-ring (bicyclic) bond motifs is 2. The zero-order chi connectivity index (χ0) is 19.1. The van der Waals surface area contributed by atoms with Gasteiger partial charge < -0.3 is 10.1 Å². The van der Waals surface area contributed by atoms with Crippen molar-refractivity contribution in [3.8, 4) is 5.75 Å². The minimum atomic E-state index is -0.449. The van der Waals surface area contributed by atoms with Crippen LogP contribution in [-0.4, -0.2) is 26.6 Å². The van der Waals surface area contributed by atoms with Gasteiger partial charge in [-0.3, -0.25) is 18.7 Å². The van der Waals surface area contributed by atoms with Crippen molar-refractivity contribution in [1.29, 1.82) is 0 Å². The largest absolute Gasteiger partial charge is 0.493 e. The molecular formula is C19H18N4O4. The van der Waals surface area contributed by atoms with Gasteiger partial charge in [-0.1, -0.05) is 12.1 Å². The van der Waals surface area contributed by atoms with E-state index >= 15 is 0 Å². The van der Waals surface area contributed by atoms with Gasteiger partial charge in [-0.15, -0.1) is 0 Å². The van der Waals surface area contributed by atoms with Crippen molar-refractivity contribution in [3.63, 3.8) is 0 Å². The summed E-state index contributed by atoms with van der Waals surface area (Å²) >= 11 is 0. The highest BCUT2D eigenvalue weighted by molar-refractivity contribution is 5.93. The number of nitrogens with zero attached hydrogens (tertiary/aromatic N) is 3. The molecule has 0 fully saturated rings. The first kappa shape index (κ1) is 17.0. The summed E-state index contributed by atoms with van der Waals surface area (Å²) in [7, 11) is 2.96. The monoisotopic (exact) mass is 366 g/mol. The molecule has 3 heterocycles. The van der Waals surface area contributed by atoms with Gasteiger partial charge in [-0.25, -0.2) is 9.78 Å². The SMILES string of the molecule is Cn1c(=O)c2cc(NC(=O)Cc3ccc4c(c3)CCO4)cnc2n(C)c1=O. The van der Waals surface area contributed by atoms with Crippen LogP contribution in [0.4, 0.5) is 5.69 Å². The lowest BCUT2D eigenvalue weighted by molar-refractivity contribution is -0.115. The van der Waals surface area contributed by atoms with Crippen LogP contribution in [-0.2, 0) is 31.7 Å². The summed E-state index contributed by atoms with van der Waals surface area (Å²) in [4.78, 5) is 40.8. The number of carbonyl (C=O) groups excluding carboxylic acids is 1. The van der Waals surface area contributed by atoms with Crippen LogP contribution in [0.15, 0.2) is 40.1 Å². The molecule has 1 N–H and O–H groups in total. The number of rotatable bonds is 3. The number of aryl methyl sites for hydroxylation is 1. The van der Waals surface area contributed by atoms with Crippen LogP contribution in [0.3, 0.4) is 0 Å². The topological polar surface area (TPSA) is 95.2 Å². The van der Waals surface area contributed by atoms with Gasteiger partial charge in [0, 0.05) is 20.5 Å². The number of pyridine rings is 1. The third-order valence-corrected chi connectivity index (χ3v) is 4.70. The van der Waals surface area contributed by atoms with E-state index in [0.29, 0.717) is 12.3 Å². The molecule has 0 saturated heterocycles. The quantitative estimate of drug-likeness (QED) is 0.738. The Labute approximate surface area is 154 Å². The van der Waals surface area contributed by atoms with E-state index in [1.165, 1.54) is 17.8 Å². The van der Waals surface area contributed by atoms with Gasteiger partial charge >= 0.3 is 5.69 Å². The Morgan fingerprint density at radius 1 is 1.22 bits per heavy atom. The smallest absolute Gasteiger partial charge is 0.332 e. The third-order valence-electron chi connectivity index (χ3n) is 4.70. The molecular weight excluding hydrogens is 348 g/mol. The molecule has 27 heavy (non-hydrogen) atoms. The highest BCUT2D eigenvalue weighted by Gasteiger charge is 2.14. The lowest BCUT2D eigenvalue weighted by atomic mass is 10.1. The second kappa shape index (κ2) is 6.39. The number of hydrogen-bond acceptors (Lipinski definition) is 5. The zero-order valence-electron chi connectivity index (χ0n) is 15.0. The van der Waals surface area contributed by atoms with E-state index in [-0.39, 0.29) is 23.4 Å². The molecule has 138 valence electrons. The molecule has 0 aliphatic carbocycles. The Balaban J connectivity index is 1.59. The summed E-state index contributed by atoms with van der Waals surface area (Å²) < 4.78 is 7.79. The van der Waals surface area contributed by atoms with E-state index in [9.17, 15) is 14.4 Å². The number of nitrogens with one attached hydrogen (secondary N) is 1. The molecule has 0 spiro atoms. The number of carbonyl (C=O) groups is 1. The minimum Gasteiger partial charge on any atom is -0.493 e. The molecule has 1 aliphatic rings. The zero-order valence-corrected chi connectivity index (χ0v) is 15.0. The van der Waals surface area contributed by atoms with E-state index < -0.39 is 11.2 Å². The molecule has 4 rings (SSSR count). The molecule has 0 bridgehead atoms. The van der Waals surface area contributed by atoms with Crippen LogP contribution in [0.1, 0.15) is 11.1 Å². The minimum absolute atomic E-state index is 0.205. The average Bonchev–Trinajstić information content (AvgIpc) is 3.12. The maximum Gasteiger partial charge on any atom is 0.332 e. The summed E-state index contributed by atoms with van der Waals surface area (Å²) in [6, 6.07) is 7.27. The summed E-state index contributed by atoms with van der Waals surface area (Å²) in [6.45, 7) is 0.672. The fourth-order valence-electron chi connectivity index (χ4n) is 3.27.